The topological polar surface area (TPSA) is 25.2 Å². The maximum Gasteiger partial charge on any atom is 0.134 e. The third-order valence-corrected chi connectivity index (χ3v) is 3.83. The van der Waals surface area contributed by atoms with E-state index in [1.165, 1.54) is 23.8 Å². The third-order valence-electron chi connectivity index (χ3n) is 3.83. The van der Waals surface area contributed by atoms with Crippen LogP contribution in [0.15, 0.2) is 28.7 Å². The van der Waals surface area contributed by atoms with Crippen LogP contribution in [-0.4, -0.2) is 12.6 Å². The Morgan fingerprint density at radius 1 is 1.31 bits per heavy atom. The van der Waals surface area contributed by atoms with Crippen LogP contribution in [-0.2, 0) is 6.42 Å². The van der Waals surface area contributed by atoms with E-state index in [1.54, 1.807) is 0 Å². The third kappa shape index (κ3) is 1.45. The summed E-state index contributed by atoms with van der Waals surface area (Å²) in [6.45, 7) is 2.16. The van der Waals surface area contributed by atoms with Crippen LogP contribution in [0.25, 0.3) is 11.0 Å². The van der Waals surface area contributed by atoms with Gasteiger partial charge in [0.05, 0.1) is 0 Å². The van der Waals surface area contributed by atoms with E-state index >= 15 is 0 Å². The molecule has 0 aliphatic heterocycles. The highest BCUT2D eigenvalue weighted by molar-refractivity contribution is 5.81. The molecule has 2 heteroatoms. The molecule has 1 saturated carbocycles. The number of rotatable bonds is 3. The molecule has 1 aliphatic rings. The summed E-state index contributed by atoms with van der Waals surface area (Å²) in [5.74, 6) is 1.15. The molecule has 0 saturated heterocycles. The second kappa shape index (κ2) is 3.36. The smallest absolute Gasteiger partial charge is 0.134 e. The van der Waals surface area contributed by atoms with E-state index in [0.29, 0.717) is 5.54 Å². The van der Waals surface area contributed by atoms with E-state index < -0.39 is 0 Å². The molecule has 3 rings (SSSR count). The van der Waals surface area contributed by atoms with Gasteiger partial charge in [-0.05, 0) is 38.4 Å². The zero-order chi connectivity index (χ0) is 11.2. The van der Waals surface area contributed by atoms with Gasteiger partial charge in [-0.3, -0.25) is 0 Å². The van der Waals surface area contributed by atoms with Crippen LogP contribution >= 0.6 is 0 Å². The second-order valence-electron chi connectivity index (χ2n) is 4.85. The molecular formula is C14H17NO. The van der Waals surface area contributed by atoms with Gasteiger partial charge < -0.3 is 9.73 Å². The van der Waals surface area contributed by atoms with Crippen LogP contribution < -0.4 is 5.32 Å². The maximum absolute atomic E-state index is 5.94. The lowest BCUT2D eigenvalue weighted by molar-refractivity contribution is 0.465. The lowest BCUT2D eigenvalue weighted by Crippen LogP contribution is -2.29. The minimum atomic E-state index is 0.318. The van der Waals surface area contributed by atoms with Crippen molar-refractivity contribution in [1.82, 2.24) is 5.32 Å². The number of furan rings is 1. The Morgan fingerprint density at radius 3 is 2.69 bits per heavy atom. The van der Waals surface area contributed by atoms with Gasteiger partial charge in [0.2, 0.25) is 0 Å². The van der Waals surface area contributed by atoms with E-state index in [0.717, 1.165) is 17.8 Å². The Labute approximate surface area is 95.6 Å². The number of para-hydroxylation sites is 1. The van der Waals surface area contributed by atoms with Crippen LogP contribution in [0.2, 0.25) is 0 Å². The van der Waals surface area contributed by atoms with E-state index in [1.807, 2.05) is 19.2 Å². The molecule has 1 heterocycles. The number of hydrogen-bond acceptors (Lipinski definition) is 2. The van der Waals surface area contributed by atoms with E-state index in [-0.39, 0.29) is 0 Å². The molecule has 1 aliphatic carbocycles. The highest BCUT2D eigenvalue weighted by atomic mass is 16.3. The summed E-state index contributed by atoms with van der Waals surface area (Å²) < 4.78 is 5.94. The lowest BCUT2D eigenvalue weighted by Gasteiger charge is -2.12. The molecule has 0 spiro atoms. The first-order valence-corrected chi connectivity index (χ1v) is 5.90. The summed E-state index contributed by atoms with van der Waals surface area (Å²) in [6, 6.07) is 8.28. The Balaban J connectivity index is 2.01. The summed E-state index contributed by atoms with van der Waals surface area (Å²) in [5, 5.41) is 4.67. The molecule has 2 nitrogen and oxygen atoms in total. The van der Waals surface area contributed by atoms with E-state index in [4.69, 9.17) is 4.42 Å². The Bertz CT molecular complexity index is 523. The zero-order valence-electron chi connectivity index (χ0n) is 9.84. The molecule has 84 valence electrons. The fourth-order valence-corrected chi connectivity index (χ4v) is 2.37. The van der Waals surface area contributed by atoms with Crippen LogP contribution in [0.4, 0.5) is 0 Å². The number of hydrogen-bond donors (Lipinski definition) is 1. The van der Waals surface area contributed by atoms with Gasteiger partial charge in [-0.25, -0.2) is 0 Å². The van der Waals surface area contributed by atoms with Gasteiger partial charge in [-0.1, -0.05) is 18.2 Å². The van der Waals surface area contributed by atoms with Crippen molar-refractivity contribution < 1.29 is 4.42 Å². The highest BCUT2D eigenvalue weighted by Crippen LogP contribution is 2.40. The molecule has 2 aromatic rings. The number of fused-ring (bicyclic) bond motifs is 1. The minimum absolute atomic E-state index is 0.318. The Morgan fingerprint density at radius 2 is 2.06 bits per heavy atom. The van der Waals surface area contributed by atoms with Crippen LogP contribution in [0, 0.1) is 6.92 Å². The molecule has 1 aromatic carbocycles. The minimum Gasteiger partial charge on any atom is -0.461 e. The number of benzene rings is 1. The predicted molar refractivity (Wildman–Crippen MR) is 65.7 cm³/mol. The van der Waals surface area contributed by atoms with Crippen LogP contribution in [0.1, 0.15) is 24.2 Å². The van der Waals surface area contributed by atoms with Gasteiger partial charge in [0.1, 0.15) is 11.3 Å². The van der Waals surface area contributed by atoms with E-state index in [2.05, 4.69) is 24.4 Å². The first-order chi connectivity index (χ1) is 7.74. The average molecular weight is 215 g/mol. The lowest BCUT2D eigenvalue weighted by atomic mass is 10.1. The predicted octanol–water partition coefficient (Wildman–Crippen LogP) is 3.04. The molecule has 16 heavy (non-hydrogen) atoms. The normalized spacial score (nSPS) is 17.9. The number of nitrogens with one attached hydrogen (secondary N) is 1. The van der Waals surface area contributed by atoms with Crippen molar-refractivity contribution in [3.63, 3.8) is 0 Å². The molecule has 0 atom stereocenters. The zero-order valence-corrected chi connectivity index (χ0v) is 9.84. The summed E-state index contributed by atoms with van der Waals surface area (Å²) in [6.07, 6.45) is 3.55. The van der Waals surface area contributed by atoms with Crippen molar-refractivity contribution in [2.45, 2.75) is 31.7 Å². The van der Waals surface area contributed by atoms with Gasteiger partial charge in [0, 0.05) is 17.3 Å². The van der Waals surface area contributed by atoms with Gasteiger partial charge in [0.25, 0.3) is 0 Å². The van der Waals surface area contributed by atoms with Crippen molar-refractivity contribution in [1.29, 1.82) is 0 Å². The number of aryl methyl sites for hydroxylation is 1. The molecule has 1 N–H and O–H groups in total. The molecule has 0 bridgehead atoms. The van der Waals surface area contributed by atoms with Gasteiger partial charge in [0.15, 0.2) is 0 Å². The van der Waals surface area contributed by atoms with Crippen LogP contribution in [0.5, 0.6) is 0 Å². The van der Waals surface area contributed by atoms with Gasteiger partial charge >= 0.3 is 0 Å². The van der Waals surface area contributed by atoms with Crippen molar-refractivity contribution in [2.75, 3.05) is 7.05 Å². The van der Waals surface area contributed by atoms with Crippen molar-refractivity contribution in [3.8, 4) is 0 Å². The number of likely N-dealkylation sites (N-methyl/N-ethyl adjacent to an activating group) is 1. The Hall–Kier alpha value is -1.28. The Kier molecular flexibility index (Phi) is 2.08. The standard InChI is InChI=1S/C14H17NO/c1-10-11-5-3-4-6-12(11)16-13(10)9-14(15-2)7-8-14/h3-6,15H,7-9H2,1-2H3. The second-order valence-corrected chi connectivity index (χ2v) is 4.85. The molecular weight excluding hydrogens is 198 g/mol. The fraction of sp³-hybridized carbons (Fsp3) is 0.429. The summed E-state index contributed by atoms with van der Waals surface area (Å²) in [4.78, 5) is 0. The summed E-state index contributed by atoms with van der Waals surface area (Å²) >= 11 is 0. The van der Waals surface area contributed by atoms with Gasteiger partial charge in [-0.15, -0.1) is 0 Å². The average Bonchev–Trinajstić information content (AvgIpc) is 3.02. The molecule has 1 aromatic heterocycles. The van der Waals surface area contributed by atoms with Crippen molar-refractivity contribution in [2.24, 2.45) is 0 Å². The molecule has 1 fully saturated rings. The molecule has 0 unspecified atom stereocenters. The highest BCUT2D eigenvalue weighted by Gasteiger charge is 2.42. The summed E-state index contributed by atoms with van der Waals surface area (Å²) in [5.41, 5.74) is 2.64. The molecule has 0 radical (unpaired) electrons. The largest absolute Gasteiger partial charge is 0.461 e. The quantitative estimate of drug-likeness (QED) is 0.851. The van der Waals surface area contributed by atoms with Crippen LogP contribution in [0.3, 0.4) is 0 Å². The van der Waals surface area contributed by atoms with Crippen molar-refractivity contribution in [3.05, 3.63) is 35.6 Å². The molecule has 0 amide bonds. The first kappa shape index (κ1) is 9.91. The first-order valence-electron chi connectivity index (χ1n) is 5.90. The maximum atomic E-state index is 5.94. The van der Waals surface area contributed by atoms with Crippen molar-refractivity contribution >= 4 is 11.0 Å². The monoisotopic (exact) mass is 215 g/mol. The van der Waals surface area contributed by atoms with E-state index in [9.17, 15) is 0 Å². The summed E-state index contributed by atoms with van der Waals surface area (Å²) in [7, 11) is 2.05. The van der Waals surface area contributed by atoms with Gasteiger partial charge in [-0.2, -0.15) is 0 Å². The SMILES string of the molecule is CNC1(Cc2oc3ccccc3c2C)CC1. The fourth-order valence-electron chi connectivity index (χ4n) is 2.37.